The van der Waals surface area contributed by atoms with Crippen LogP contribution >= 0.6 is 0 Å². The smallest absolute Gasteiger partial charge is 0.262 e. The van der Waals surface area contributed by atoms with Gasteiger partial charge in [-0.15, -0.1) is 5.10 Å². The summed E-state index contributed by atoms with van der Waals surface area (Å²) >= 11 is 0. The molecule has 1 N–H and O–H groups in total. The van der Waals surface area contributed by atoms with Gasteiger partial charge in [-0.05, 0) is 49.4 Å². The summed E-state index contributed by atoms with van der Waals surface area (Å²) in [6.07, 6.45) is 1.52. The number of nitrogens with one attached hydrogen (secondary N) is 1. The summed E-state index contributed by atoms with van der Waals surface area (Å²) in [5.74, 6) is -2.27. The highest BCUT2D eigenvalue weighted by Gasteiger charge is 2.40. The van der Waals surface area contributed by atoms with Gasteiger partial charge >= 0.3 is 0 Å². The van der Waals surface area contributed by atoms with E-state index >= 15 is 0 Å². The van der Waals surface area contributed by atoms with Crippen LogP contribution in [0.25, 0.3) is 16.8 Å². The summed E-state index contributed by atoms with van der Waals surface area (Å²) < 4.78 is 15.7. The minimum atomic E-state index is -1.10. The molecule has 2 aromatic carbocycles. The number of halogens is 1. The zero-order chi connectivity index (χ0) is 24.0. The van der Waals surface area contributed by atoms with E-state index in [0.29, 0.717) is 16.8 Å². The van der Waals surface area contributed by atoms with Gasteiger partial charge in [-0.3, -0.25) is 24.6 Å². The zero-order valence-corrected chi connectivity index (χ0v) is 17.7. The predicted octanol–water partition coefficient (Wildman–Crippen LogP) is 3.03. The topological polar surface area (TPSA) is 120 Å². The molecule has 0 spiro atoms. The van der Waals surface area contributed by atoms with Crippen LogP contribution in [-0.2, 0) is 4.79 Å². The summed E-state index contributed by atoms with van der Waals surface area (Å²) in [4.78, 5) is 43.2. The van der Waals surface area contributed by atoms with Crippen molar-refractivity contribution in [1.29, 1.82) is 5.26 Å². The first-order chi connectivity index (χ1) is 16.4. The number of benzene rings is 2. The summed E-state index contributed by atoms with van der Waals surface area (Å²) in [6.45, 7) is 1.44. The quantitative estimate of drug-likeness (QED) is 0.473. The van der Waals surface area contributed by atoms with Crippen molar-refractivity contribution in [2.45, 2.75) is 13.0 Å². The fourth-order valence-electron chi connectivity index (χ4n) is 3.80. The average Bonchev–Trinajstić information content (AvgIpc) is 3.36. The van der Waals surface area contributed by atoms with Gasteiger partial charge in [0.05, 0.1) is 22.8 Å². The normalized spacial score (nSPS) is 13.6. The molecule has 1 aliphatic rings. The van der Waals surface area contributed by atoms with Crippen molar-refractivity contribution in [2.24, 2.45) is 0 Å². The predicted molar refractivity (Wildman–Crippen MR) is 118 cm³/mol. The molecule has 0 bridgehead atoms. The van der Waals surface area contributed by atoms with Crippen LogP contribution in [0.5, 0.6) is 0 Å². The van der Waals surface area contributed by atoms with E-state index in [1.54, 1.807) is 24.3 Å². The Bertz CT molecular complexity index is 1520. The SMILES string of the molecule is C[C@H](C(=O)Nc1nc2ccc(-c3cc(C#N)ccc3F)cn2n1)N1C(=O)c2ccccc2C1=O. The van der Waals surface area contributed by atoms with Gasteiger partial charge < -0.3 is 0 Å². The Balaban J connectivity index is 1.39. The number of pyridine rings is 1. The molecule has 2 aromatic heterocycles. The van der Waals surface area contributed by atoms with E-state index < -0.39 is 29.6 Å². The Hall–Kier alpha value is -4.91. The second-order valence-corrected chi connectivity index (χ2v) is 7.65. The highest BCUT2D eigenvalue weighted by atomic mass is 19.1. The Labute approximate surface area is 192 Å². The lowest BCUT2D eigenvalue weighted by Crippen LogP contribution is -2.45. The summed E-state index contributed by atoms with van der Waals surface area (Å²) in [7, 11) is 0. The fraction of sp³-hybridized carbons (Fsp3) is 0.0833. The van der Waals surface area contributed by atoms with Gasteiger partial charge in [0, 0.05) is 17.3 Å². The molecule has 0 radical (unpaired) electrons. The van der Waals surface area contributed by atoms with Crippen LogP contribution in [0.3, 0.4) is 0 Å². The number of rotatable bonds is 4. The third-order valence-corrected chi connectivity index (χ3v) is 5.56. The van der Waals surface area contributed by atoms with Crippen LogP contribution in [-0.4, -0.2) is 43.3 Å². The van der Waals surface area contributed by atoms with Crippen molar-refractivity contribution in [3.63, 3.8) is 0 Å². The molecule has 3 amide bonds. The van der Waals surface area contributed by atoms with Crippen LogP contribution in [0.1, 0.15) is 33.2 Å². The number of aromatic nitrogens is 3. The summed E-state index contributed by atoms with van der Waals surface area (Å²) in [5.41, 5.74) is 1.87. The molecule has 3 heterocycles. The molecule has 1 atom stereocenters. The van der Waals surface area contributed by atoms with Crippen LogP contribution in [0.4, 0.5) is 10.3 Å². The lowest BCUT2D eigenvalue weighted by molar-refractivity contribution is -0.119. The Morgan fingerprint density at radius 1 is 1.06 bits per heavy atom. The minimum Gasteiger partial charge on any atom is -0.291 e. The standard InChI is InChI=1S/C24H15FN6O3/c1-13(31-22(33)16-4-2-3-5-17(16)23(31)34)21(32)28-24-27-20-9-7-15(12-30(20)29-24)18-10-14(11-26)6-8-19(18)25/h2-10,12-13H,1H3,(H,28,29,32)/t13-/m1/s1. The van der Waals surface area contributed by atoms with E-state index in [-0.39, 0.29) is 22.6 Å². The van der Waals surface area contributed by atoms with E-state index in [9.17, 15) is 18.8 Å². The molecule has 0 fully saturated rings. The maximum Gasteiger partial charge on any atom is 0.262 e. The Morgan fingerprint density at radius 3 is 2.44 bits per heavy atom. The number of amides is 3. The number of carbonyl (C=O) groups is 3. The van der Waals surface area contributed by atoms with Crippen LogP contribution < -0.4 is 5.32 Å². The van der Waals surface area contributed by atoms with Crippen LogP contribution in [0.15, 0.2) is 60.8 Å². The molecule has 4 aromatic rings. The molecule has 0 aliphatic carbocycles. The number of imide groups is 1. The number of hydrogen-bond acceptors (Lipinski definition) is 6. The number of carbonyl (C=O) groups excluding carboxylic acids is 3. The van der Waals surface area contributed by atoms with Gasteiger partial charge in [-0.1, -0.05) is 12.1 Å². The van der Waals surface area contributed by atoms with E-state index in [2.05, 4.69) is 15.4 Å². The van der Waals surface area contributed by atoms with Gasteiger partial charge in [0.25, 0.3) is 11.8 Å². The first kappa shape index (κ1) is 21.0. The van der Waals surface area contributed by atoms with Crippen molar-refractivity contribution in [3.8, 4) is 17.2 Å². The Kier molecular flexibility index (Phi) is 4.87. The molecule has 34 heavy (non-hydrogen) atoms. The van der Waals surface area contributed by atoms with Crippen molar-refractivity contribution < 1.29 is 18.8 Å². The molecule has 5 rings (SSSR count). The third-order valence-electron chi connectivity index (χ3n) is 5.56. The van der Waals surface area contributed by atoms with Crippen molar-refractivity contribution in [3.05, 3.63) is 83.3 Å². The minimum absolute atomic E-state index is 0.0446. The molecular formula is C24H15FN6O3. The number of fused-ring (bicyclic) bond motifs is 2. The molecule has 0 saturated heterocycles. The second kappa shape index (κ2) is 7.90. The molecule has 0 saturated carbocycles. The number of anilines is 1. The van der Waals surface area contributed by atoms with Gasteiger partial charge in [0.2, 0.25) is 11.9 Å². The number of hydrogen-bond donors (Lipinski definition) is 1. The zero-order valence-electron chi connectivity index (χ0n) is 17.7. The van der Waals surface area contributed by atoms with Crippen molar-refractivity contribution >= 4 is 29.3 Å². The molecular weight excluding hydrogens is 439 g/mol. The van der Waals surface area contributed by atoms with Crippen LogP contribution in [0, 0.1) is 17.1 Å². The van der Waals surface area contributed by atoms with Gasteiger partial charge in [-0.25, -0.2) is 8.91 Å². The molecule has 1 aliphatic heterocycles. The van der Waals surface area contributed by atoms with Crippen molar-refractivity contribution in [1.82, 2.24) is 19.5 Å². The van der Waals surface area contributed by atoms with Crippen molar-refractivity contribution in [2.75, 3.05) is 5.32 Å². The first-order valence-corrected chi connectivity index (χ1v) is 10.2. The van der Waals surface area contributed by atoms with E-state index in [1.165, 1.54) is 48.0 Å². The lowest BCUT2D eigenvalue weighted by atomic mass is 10.0. The number of nitrogens with zero attached hydrogens (tertiary/aromatic N) is 5. The van der Waals surface area contributed by atoms with E-state index in [4.69, 9.17) is 5.26 Å². The van der Waals surface area contributed by atoms with E-state index in [1.807, 2.05) is 6.07 Å². The highest BCUT2D eigenvalue weighted by Crippen LogP contribution is 2.26. The average molecular weight is 454 g/mol. The largest absolute Gasteiger partial charge is 0.291 e. The van der Waals surface area contributed by atoms with Gasteiger partial charge in [0.1, 0.15) is 11.9 Å². The summed E-state index contributed by atoms with van der Waals surface area (Å²) in [6, 6.07) is 14.5. The molecule has 0 unspecified atom stereocenters. The fourth-order valence-corrected chi connectivity index (χ4v) is 3.80. The van der Waals surface area contributed by atoms with Crippen LogP contribution in [0.2, 0.25) is 0 Å². The first-order valence-electron chi connectivity index (χ1n) is 10.2. The van der Waals surface area contributed by atoms with E-state index in [0.717, 1.165) is 4.90 Å². The maximum atomic E-state index is 14.3. The summed E-state index contributed by atoms with van der Waals surface area (Å²) in [5, 5.41) is 15.8. The maximum absolute atomic E-state index is 14.3. The van der Waals surface area contributed by atoms with Gasteiger partial charge in [-0.2, -0.15) is 10.2 Å². The monoisotopic (exact) mass is 454 g/mol. The molecule has 9 nitrogen and oxygen atoms in total. The van der Waals surface area contributed by atoms with Gasteiger partial charge in [0.15, 0.2) is 5.65 Å². The third kappa shape index (κ3) is 3.36. The highest BCUT2D eigenvalue weighted by molar-refractivity contribution is 6.23. The number of nitriles is 1. The lowest BCUT2D eigenvalue weighted by Gasteiger charge is -2.20. The molecule has 166 valence electrons. The second-order valence-electron chi connectivity index (χ2n) is 7.65. The molecule has 10 heteroatoms. The Morgan fingerprint density at radius 2 is 1.76 bits per heavy atom.